The normalized spacial score (nSPS) is 10.2. The van der Waals surface area contributed by atoms with Gasteiger partial charge in [-0.2, -0.15) is 5.10 Å². The van der Waals surface area contributed by atoms with Gasteiger partial charge in [0, 0.05) is 25.4 Å². The van der Waals surface area contributed by atoms with Crippen LogP contribution in [0.1, 0.15) is 5.56 Å². The van der Waals surface area contributed by atoms with Gasteiger partial charge in [-0.25, -0.2) is 0 Å². The van der Waals surface area contributed by atoms with Gasteiger partial charge in [0.15, 0.2) is 11.5 Å². The summed E-state index contributed by atoms with van der Waals surface area (Å²) in [6.45, 7) is 0.488. The first-order valence-electron chi connectivity index (χ1n) is 6.07. The summed E-state index contributed by atoms with van der Waals surface area (Å²) < 4.78 is 1.50. The van der Waals surface area contributed by atoms with Crippen LogP contribution in [0, 0.1) is 0 Å². The Morgan fingerprint density at radius 2 is 2.20 bits per heavy atom. The van der Waals surface area contributed by atoms with Crippen LogP contribution in [0.15, 0.2) is 30.6 Å². The van der Waals surface area contributed by atoms with E-state index in [9.17, 15) is 15.0 Å². The molecule has 1 heterocycles. The maximum Gasteiger partial charge on any atom is 0.241 e. The van der Waals surface area contributed by atoms with Gasteiger partial charge in [0.2, 0.25) is 5.91 Å². The first kappa shape index (κ1) is 13.7. The van der Waals surface area contributed by atoms with Gasteiger partial charge in [-0.05, 0) is 6.07 Å². The fraction of sp³-hybridized carbons (Fsp3) is 0.231. The zero-order valence-electron chi connectivity index (χ0n) is 11.0. The minimum atomic E-state index is -0.153. The molecule has 7 nitrogen and oxygen atoms in total. The van der Waals surface area contributed by atoms with Gasteiger partial charge in [0.25, 0.3) is 0 Å². The SMILES string of the molecule is CNC(=O)Cn1cc(NCc2cccc(O)c2O)cn1. The second kappa shape index (κ2) is 5.96. The smallest absolute Gasteiger partial charge is 0.241 e. The summed E-state index contributed by atoms with van der Waals surface area (Å²) in [4.78, 5) is 11.2. The number of likely N-dealkylation sites (N-methyl/N-ethyl adjacent to an activating group) is 1. The molecule has 1 aromatic carbocycles. The number of carbonyl (C=O) groups excluding carboxylic acids is 1. The number of hydrogen-bond donors (Lipinski definition) is 4. The van der Waals surface area contributed by atoms with Gasteiger partial charge in [0.05, 0.1) is 11.9 Å². The number of rotatable bonds is 5. The van der Waals surface area contributed by atoms with Crippen molar-refractivity contribution in [2.45, 2.75) is 13.1 Å². The van der Waals surface area contributed by atoms with E-state index in [0.717, 1.165) is 5.69 Å². The Balaban J connectivity index is 1.97. The molecule has 0 bridgehead atoms. The fourth-order valence-electron chi connectivity index (χ4n) is 1.69. The van der Waals surface area contributed by atoms with E-state index in [1.54, 1.807) is 31.6 Å². The Kier molecular flexibility index (Phi) is 4.09. The molecular weight excluding hydrogens is 260 g/mol. The van der Waals surface area contributed by atoms with E-state index < -0.39 is 0 Å². The number of aromatic nitrogens is 2. The first-order chi connectivity index (χ1) is 9.60. The van der Waals surface area contributed by atoms with E-state index in [0.29, 0.717) is 12.1 Å². The fourth-order valence-corrected chi connectivity index (χ4v) is 1.69. The summed E-state index contributed by atoms with van der Waals surface area (Å²) >= 11 is 0. The lowest BCUT2D eigenvalue weighted by atomic mass is 10.2. The highest BCUT2D eigenvalue weighted by Gasteiger charge is 2.07. The van der Waals surface area contributed by atoms with Crippen molar-refractivity contribution in [3.05, 3.63) is 36.2 Å². The van der Waals surface area contributed by atoms with Gasteiger partial charge in [-0.3, -0.25) is 9.48 Å². The van der Waals surface area contributed by atoms with Crippen LogP contribution >= 0.6 is 0 Å². The number of anilines is 1. The Morgan fingerprint density at radius 3 is 2.95 bits per heavy atom. The highest BCUT2D eigenvalue weighted by Crippen LogP contribution is 2.28. The van der Waals surface area contributed by atoms with E-state index in [4.69, 9.17) is 0 Å². The van der Waals surface area contributed by atoms with E-state index in [-0.39, 0.29) is 24.0 Å². The third-order valence-corrected chi connectivity index (χ3v) is 2.80. The van der Waals surface area contributed by atoms with Crippen molar-refractivity contribution in [2.24, 2.45) is 0 Å². The Morgan fingerprint density at radius 1 is 1.40 bits per heavy atom. The van der Waals surface area contributed by atoms with Crippen molar-refractivity contribution in [3.8, 4) is 11.5 Å². The number of nitrogens with one attached hydrogen (secondary N) is 2. The van der Waals surface area contributed by atoms with Crippen LogP contribution in [0.5, 0.6) is 11.5 Å². The molecule has 0 radical (unpaired) electrons. The summed E-state index contributed by atoms with van der Waals surface area (Å²) in [7, 11) is 1.57. The van der Waals surface area contributed by atoms with Crippen molar-refractivity contribution in [2.75, 3.05) is 12.4 Å². The molecule has 106 valence electrons. The van der Waals surface area contributed by atoms with E-state index >= 15 is 0 Å². The summed E-state index contributed by atoms with van der Waals surface area (Å²) in [5.41, 5.74) is 1.29. The molecule has 0 saturated carbocycles. The van der Waals surface area contributed by atoms with Crippen molar-refractivity contribution in [1.82, 2.24) is 15.1 Å². The van der Waals surface area contributed by atoms with Gasteiger partial charge in [-0.15, -0.1) is 0 Å². The quantitative estimate of drug-likeness (QED) is 0.601. The molecule has 0 spiro atoms. The van der Waals surface area contributed by atoms with Crippen LogP contribution < -0.4 is 10.6 Å². The molecule has 2 aromatic rings. The number of nitrogens with zero attached hydrogens (tertiary/aromatic N) is 2. The summed E-state index contributed by atoms with van der Waals surface area (Å²) in [5.74, 6) is -0.428. The highest BCUT2D eigenvalue weighted by atomic mass is 16.3. The Bertz CT molecular complexity index is 609. The molecule has 7 heteroatoms. The predicted octanol–water partition coefficient (Wildman–Crippen LogP) is 0.652. The second-order valence-electron chi connectivity index (χ2n) is 4.24. The predicted molar refractivity (Wildman–Crippen MR) is 73.4 cm³/mol. The molecule has 0 aliphatic heterocycles. The molecule has 1 amide bonds. The van der Waals surface area contributed by atoms with E-state index in [1.165, 1.54) is 10.7 Å². The standard InChI is InChI=1S/C13H16N4O3/c1-14-12(19)8-17-7-10(6-16-17)15-5-9-3-2-4-11(18)13(9)20/h2-4,6-7,15,18,20H,5,8H2,1H3,(H,14,19). The average Bonchev–Trinajstić information content (AvgIpc) is 2.88. The number of para-hydroxylation sites is 1. The maximum atomic E-state index is 11.2. The number of hydrogen-bond acceptors (Lipinski definition) is 5. The summed E-state index contributed by atoms with van der Waals surface area (Å²) in [6.07, 6.45) is 3.28. The van der Waals surface area contributed by atoms with Crippen LogP contribution in [0.25, 0.3) is 0 Å². The van der Waals surface area contributed by atoms with E-state index in [1.807, 2.05) is 0 Å². The molecule has 0 atom stereocenters. The second-order valence-corrected chi connectivity index (χ2v) is 4.24. The molecule has 4 N–H and O–H groups in total. The largest absolute Gasteiger partial charge is 0.504 e. The van der Waals surface area contributed by atoms with Crippen molar-refractivity contribution >= 4 is 11.6 Å². The Hall–Kier alpha value is -2.70. The van der Waals surface area contributed by atoms with Gasteiger partial charge in [-0.1, -0.05) is 12.1 Å². The van der Waals surface area contributed by atoms with Crippen molar-refractivity contribution in [3.63, 3.8) is 0 Å². The van der Waals surface area contributed by atoms with Crippen LogP contribution in [0.3, 0.4) is 0 Å². The number of phenols is 2. The van der Waals surface area contributed by atoms with Gasteiger partial charge < -0.3 is 20.8 Å². The molecule has 2 rings (SSSR count). The molecule has 0 unspecified atom stereocenters. The zero-order valence-corrected chi connectivity index (χ0v) is 11.0. The summed E-state index contributed by atoms with van der Waals surface area (Å²) in [6, 6.07) is 4.78. The molecule has 20 heavy (non-hydrogen) atoms. The molecular formula is C13H16N4O3. The lowest BCUT2D eigenvalue weighted by molar-refractivity contribution is -0.121. The monoisotopic (exact) mass is 276 g/mol. The molecule has 1 aromatic heterocycles. The first-order valence-corrected chi connectivity index (χ1v) is 6.07. The van der Waals surface area contributed by atoms with Crippen molar-refractivity contribution in [1.29, 1.82) is 0 Å². The van der Waals surface area contributed by atoms with E-state index in [2.05, 4.69) is 15.7 Å². The van der Waals surface area contributed by atoms with Crippen LogP contribution in [-0.4, -0.2) is 32.9 Å². The molecule has 0 aliphatic carbocycles. The van der Waals surface area contributed by atoms with Crippen LogP contribution in [0.4, 0.5) is 5.69 Å². The minimum absolute atomic E-state index is 0.134. The number of benzene rings is 1. The number of aromatic hydroxyl groups is 2. The maximum absolute atomic E-state index is 11.2. The molecule has 0 aliphatic rings. The zero-order chi connectivity index (χ0) is 14.5. The summed E-state index contributed by atoms with van der Waals surface area (Å²) in [5, 5.41) is 28.7. The third kappa shape index (κ3) is 3.19. The lowest BCUT2D eigenvalue weighted by Crippen LogP contribution is -2.23. The number of carbonyl (C=O) groups is 1. The third-order valence-electron chi connectivity index (χ3n) is 2.80. The van der Waals surface area contributed by atoms with Crippen LogP contribution in [-0.2, 0) is 17.9 Å². The topological polar surface area (TPSA) is 99.4 Å². The van der Waals surface area contributed by atoms with Crippen molar-refractivity contribution < 1.29 is 15.0 Å². The molecule has 0 saturated heterocycles. The van der Waals surface area contributed by atoms with Gasteiger partial charge in [0.1, 0.15) is 6.54 Å². The average molecular weight is 276 g/mol. The number of amides is 1. The molecule has 0 fully saturated rings. The highest BCUT2D eigenvalue weighted by molar-refractivity contribution is 5.75. The Labute approximate surface area is 115 Å². The van der Waals surface area contributed by atoms with Crippen LogP contribution in [0.2, 0.25) is 0 Å². The minimum Gasteiger partial charge on any atom is -0.504 e. The lowest BCUT2D eigenvalue weighted by Gasteiger charge is -2.07. The van der Waals surface area contributed by atoms with Gasteiger partial charge >= 0.3 is 0 Å². The number of phenolic OH excluding ortho intramolecular Hbond substituents is 2.